The number of carbonyl (C=O) groups excluding carboxylic acids is 1. The number of rotatable bonds is 4. The molecule has 0 N–H and O–H groups in total. The fourth-order valence-corrected chi connectivity index (χ4v) is 2.52. The van der Waals surface area contributed by atoms with Crippen LogP contribution >= 0.6 is 22.9 Å². The molecule has 0 aliphatic rings. The first-order chi connectivity index (χ1) is 9.08. The molecule has 0 atom stereocenters. The van der Waals surface area contributed by atoms with E-state index in [4.69, 9.17) is 11.6 Å². The minimum atomic E-state index is -0.0932. The Morgan fingerprint density at radius 1 is 1.37 bits per heavy atom. The highest BCUT2D eigenvalue weighted by molar-refractivity contribution is 7.18. The second-order valence-electron chi connectivity index (χ2n) is 4.03. The molecule has 2 rings (SSSR count). The Labute approximate surface area is 120 Å². The Morgan fingerprint density at radius 3 is 2.68 bits per heavy atom. The van der Waals surface area contributed by atoms with Gasteiger partial charge in [-0.05, 0) is 18.2 Å². The van der Waals surface area contributed by atoms with Crippen molar-refractivity contribution in [3.8, 4) is 0 Å². The molecule has 6 heteroatoms. The molecule has 0 saturated heterocycles. The summed E-state index contributed by atoms with van der Waals surface area (Å²) in [5.41, 5.74) is 1.11. The number of allylic oxidation sites excluding steroid dienone is 1. The maximum atomic E-state index is 12.5. The standard InChI is InChI=1S/C13H12ClN3OS/c1-17(2)7-9(10-5-6-15-8-16-10)13(18)11-3-4-12(14)19-11/h3-8H,1-2H3/b9-7+. The van der Waals surface area contributed by atoms with Gasteiger partial charge in [0.1, 0.15) is 6.33 Å². The number of ketones is 1. The summed E-state index contributed by atoms with van der Waals surface area (Å²) in [6.07, 6.45) is 4.78. The van der Waals surface area contributed by atoms with Gasteiger partial charge in [0, 0.05) is 26.5 Å². The van der Waals surface area contributed by atoms with Crippen molar-refractivity contribution < 1.29 is 4.79 Å². The van der Waals surface area contributed by atoms with Gasteiger partial charge in [0.2, 0.25) is 5.78 Å². The Balaban J connectivity index is 2.42. The van der Waals surface area contributed by atoms with E-state index >= 15 is 0 Å². The van der Waals surface area contributed by atoms with Crippen molar-refractivity contribution in [2.24, 2.45) is 0 Å². The monoisotopic (exact) mass is 293 g/mol. The van der Waals surface area contributed by atoms with E-state index in [0.717, 1.165) is 0 Å². The predicted octanol–water partition coefficient (Wildman–Crippen LogP) is 2.98. The van der Waals surface area contributed by atoms with E-state index in [-0.39, 0.29) is 5.78 Å². The summed E-state index contributed by atoms with van der Waals surface area (Å²) in [6.45, 7) is 0. The van der Waals surface area contributed by atoms with E-state index in [1.807, 2.05) is 19.0 Å². The van der Waals surface area contributed by atoms with Crippen LogP contribution in [0.3, 0.4) is 0 Å². The number of carbonyl (C=O) groups is 1. The zero-order valence-corrected chi connectivity index (χ0v) is 12.1. The molecule has 98 valence electrons. The highest BCUT2D eigenvalue weighted by Gasteiger charge is 2.17. The quantitative estimate of drug-likeness (QED) is 0.642. The Morgan fingerprint density at radius 2 is 2.16 bits per heavy atom. The second kappa shape index (κ2) is 5.95. The van der Waals surface area contributed by atoms with Gasteiger partial charge in [0.25, 0.3) is 0 Å². The SMILES string of the molecule is CN(C)/C=C(/C(=O)c1ccc(Cl)s1)c1ccncn1. The fraction of sp³-hybridized carbons (Fsp3) is 0.154. The fourth-order valence-electron chi connectivity index (χ4n) is 1.52. The van der Waals surface area contributed by atoms with E-state index < -0.39 is 0 Å². The average molecular weight is 294 g/mol. The number of hydrogen-bond acceptors (Lipinski definition) is 5. The number of hydrogen-bond donors (Lipinski definition) is 0. The first-order valence-electron chi connectivity index (χ1n) is 5.52. The minimum absolute atomic E-state index is 0.0932. The van der Waals surface area contributed by atoms with Gasteiger partial charge >= 0.3 is 0 Å². The van der Waals surface area contributed by atoms with Crippen molar-refractivity contribution in [1.82, 2.24) is 14.9 Å². The van der Waals surface area contributed by atoms with Crippen molar-refractivity contribution in [2.75, 3.05) is 14.1 Å². The molecule has 0 fully saturated rings. The maximum Gasteiger partial charge on any atom is 0.206 e. The van der Waals surface area contributed by atoms with Crippen molar-refractivity contribution in [3.05, 3.63) is 51.8 Å². The van der Waals surface area contributed by atoms with Crippen LogP contribution in [0.15, 0.2) is 36.9 Å². The van der Waals surface area contributed by atoms with E-state index in [9.17, 15) is 4.79 Å². The highest BCUT2D eigenvalue weighted by atomic mass is 35.5. The number of aromatic nitrogens is 2. The molecule has 2 aromatic rings. The molecule has 0 aromatic carbocycles. The van der Waals surface area contributed by atoms with Crippen LogP contribution in [0.1, 0.15) is 15.4 Å². The van der Waals surface area contributed by atoms with E-state index in [1.165, 1.54) is 17.7 Å². The number of Topliss-reactive ketones (excluding diaryl/α,β-unsaturated/α-hetero) is 1. The lowest BCUT2D eigenvalue weighted by Gasteiger charge is -2.10. The molecule has 2 aromatic heterocycles. The summed E-state index contributed by atoms with van der Waals surface area (Å²) in [4.78, 5) is 22.9. The van der Waals surface area contributed by atoms with Gasteiger partial charge in [0.05, 0.1) is 20.5 Å². The molecule has 0 bridgehead atoms. The molecule has 0 unspecified atom stereocenters. The van der Waals surface area contributed by atoms with Crippen LogP contribution in [0.2, 0.25) is 4.34 Å². The topological polar surface area (TPSA) is 46.1 Å². The van der Waals surface area contributed by atoms with Gasteiger partial charge in [-0.1, -0.05) is 11.6 Å². The molecule has 0 radical (unpaired) electrons. The summed E-state index contributed by atoms with van der Waals surface area (Å²) >= 11 is 7.13. The largest absolute Gasteiger partial charge is 0.383 e. The Hall–Kier alpha value is -1.72. The van der Waals surface area contributed by atoms with Crippen molar-refractivity contribution >= 4 is 34.3 Å². The Bertz CT molecular complexity index is 607. The Kier molecular flexibility index (Phi) is 4.29. The third-order valence-corrected chi connectivity index (χ3v) is 3.52. The predicted molar refractivity (Wildman–Crippen MR) is 77.4 cm³/mol. The van der Waals surface area contributed by atoms with Gasteiger partial charge in [0.15, 0.2) is 0 Å². The van der Waals surface area contributed by atoms with E-state index in [1.54, 1.807) is 30.6 Å². The zero-order valence-electron chi connectivity index (χ0n) is 10.5. The van der Waals surface area contributed by atoms with Crippen LogP contribution in [0.4, 0.5) is 0 Å². The van der Waals surface area contributed by atoms with Crippen LogP contribution in [-0.2, 0) is 0 Å². The summed E-state index contributed by atoms with van der Waals surface area (Å²) in [7, 11) is 3.71. The van der Waals surface area contributed by atoms with Crippen LogP contribution in [0.25, 0.3) is 5.57 Å². The number of halogens is 1. The van der Waals surface area contributed by atoms with Crippen LogP contribution in [-0.4, -0.2) is 34.7 Å². The summed E-state index contributed by atoms with van der Waals surface area (Å²) in [6, 6.07) is 5.15. The first kappa shape index (κ1) is 13.7. The first-order valence-corrected chi connectivity index (χ1v) is 6.72. The van der Waals surface area contributed by atoms with Crippen molar-refractivity contribution in [2.45, 2.75) is 0 Å². The van der Waals surface area contributed by atoms with Crippen LogP contribution < -0.4 is 0 Å². The lowest BCUT2D eigenvalue weighted by molar-refractivity contribution is 0.105. The molecule has 19 heavy (non-hydrogen) atoms. The maximum absolute atomic E-state index is 12.5. The summed E-state index contributed by atoms with van der Waals surface area (Å²) < 4.78 is 0.593. The number of nitrogens with zero attached hydrogens (tertiary/aromatic N) is 3. The average Bonchev–Trinajstić information content (AvgIpc) is 2.83. The minimum Gasteiger partial charge on any atom is -0.383 e. The molecule has 0 spiro atoms. The van der Waals surface area contributed by atoms with Crippen molar-refractivity contribution in [3.63, 3.8) is 0 Å². The summed E-state index contributed by atoms with van der Waals surface area (Å²) in [5.74, 6) is -0.0932. The van der Waals surface area contributed by atoms with Gasteiger partial charge in [-0.25, -0.2) is 9.97 Å². The van der Waals surface area contributed by atoms with Crippen LogP contribution in [0, 0.1) is 0 Å². The van der Waals surface area contributed by atoms with E-state index in [0.29, 0.717) is 20.5 Å². The smallest absolute Gasteiger partial charge is 0.206 e. The second-order valence-corrected chi connectivity index (χ2v) is 5.75. The molecule has 2 heterocycles. The van der Waals surface area contributed by atoms with Gasteiger partial charge in [-0.3, -0.25) is 4.79 Å². The lowest BCUT2D eigenvalue weighted by Crippen LogP contribution is -2.09. The molecular weight excluding hydrogens is 282 g/mol. The highest BCUT2D eigenvalue weighted by Crippen LogP contribution is 2.26. The summed E-state index contributed by atoms with van der Waals surface area (Å²) in [5, 5.41) is 0. The lowest BCUT2D eigenvalue weighted by atomic mass is 10.1. The third-order valence-electron chi connectivity index (χ3n) is 2.29. The molecular formula is C13H12ClN3OS. The molecule has 0 amide bonds. The molecule has 0 aliphatic carbocycles. The van der Waals surface area contributed by atoms with Gasteiger partial charge in [-0.2, -0.15) is 0 Å². The third kappa shape index (κ3) is 3.39. The van der Waals surface area contributed by atoms with Gasteiger partial charge < -0.3 is 4.90 Å². The van der Waals surface area contributed by atoms with Crippen LogP contribution in [0.5, 0.6) is 0 Å². The van der Waals surface area contributed by atoms with Crippen molar-refractivity contribution in [1.29, 1.82) is 0 Å². The van der Waals surface area contributed by atoms with E-state index in [2.05, 4.69) is 9.97 Å². The molecule has 4 nitrogen and oxygen atoms in total. The molecule has 0 saturated carbocycles. The zero-order chi connectivity index (χ0) is 13.8. The molecule has 0 aliphatic heterocycles. The number of thiophene rings is 1. The normalized spacial score (nSPS) is 11.4. The van der Waals surface area contributed by atoms with Gasteiger partial charge in [-0.15, -0.1) is 11.3 Å².